The molecule has 0 spiro atoms. The fourth-order valence-corrected chi connectivity index (χ4v) is 1.67. The molecule has 3 aromatic heterocycles. The zero-order valence-electron chi connectivity index (χ0n) is 9.04. The van der Waals surface area contributed by atoms with Crippen LogP contribution < -0.4 is 0 Å². The van der Waals surface area contributed by atoms with Crippen molar-refractivity contribution in [1.29, 1.82) is 0 Å². The Kier molecular flexibility index (Phi) is 2.38. The van der Waals surface area contributed by atoms with E-state index in [-0.39, 0.29) is 0 Å². The van der Waals surface area contributed by atoms with Gasteiger partial charge in [0, 0.05) is 35.9 Å². The number of pyridine rings is 2. The number of aromatic amines is 1. The van der Waals surface area contributed by atoms with Crippen molar-refractivity contribution in [2.24, 2.45) is 0 Å². The summed E-state index contributed by atoms with van der Waals surface area (Å²) in [6, 6.07) is 9.79. The molecule has 0 aliphatic heterocycles. The molecule has 0 aliphatic rings. The van der Waals surface area contributed by atoms with Gasteiger partial charge in [0.25, 0.3) is 0 Å². The van der Waals surface area contributed by atoms with Crippen LogP contribution in [0.25, 0.3) is 22.5 Å². The first-order chi connectivity index (χ1) is 8.43. The summed E-state index contributed by atoms with van der Waals surface area (Å²) in [7, 11) is 0. The van der Waals surface area contributed by atoms with Crippen molar-refractivity contribution in [3.8, 4) is 22.5 Å². The molecule has 0 aromatic carbocycles. The van der Waals surface area contributed by atoms with Crippen LogP contribution in [-0.4, -0.2) is 20.2 Å². The third-order valence-electron chi connectivity index (χ3n) is 2.55. The van der Waals surface area contributed by atoms with E-state index in [4.69, 9.17) is 0 Å². The molecule has 3 rings (SSSR count). The number of rotatable bonds is 2. The second-order valence-electron chi connectivity index (χ2n) is 3.64. The van der Waals surface area contributed by atoms with Crippen LogP contribution in [0.5, 0.6) is 0 Å². The smallest absolute Gasteiger partial charge is 0.0928 e. The topological polar surface area (TPSA) is 54.5 Å². The number of hydrogen-bond donors (Lipinski definition) is 1. The van der Waals surface area contributed by atoms with Gasteiger partial charge in [0.2, 0.25) is 0 Å². The summed E-state index contributed by atoms with van der Waals surface area (Å²) < 4.78 is 0. The third kappa shape index (κ3) is 1.92. The maximum absolute atomic E-state index is 4.29. The van der Waals surface area contributed by atoms with Crippen LogP contribution in [0, 0.1) is 0 Å². The zero-order chi connectivity index (χ0) is 11.5. The van der Waals surface area contributed by atoms with Crippen LogP contribution >= 0.6 is 0 Å². The van der Waals surface area contributed by atoms with Crippen LogP contribution in [-0.2, 0) is 0 Å². The number of nitrogens with zero attached hydrogens (tertiary/aromatic N) is 3. The molecule has 3 aromatic rings. The predicted octanol–water partition coefficient (Wildman–Crippen LogP) is 2.53. The van der Waals surface area contributed by atoms with Crippen LogP contribution in [0.1, 0.15) is 0 Å². The van der Waals surface area contributed by atoms with E-state index >= 15 is 0 Å². The highest BCUT2D eigenvalue weighted by atomic mass is 15.1. The van der Waals surface area contributed by atoms with E-state index in [2.05, 4.69) is 20.2 Å². The standard InChI is InChI=1S/C13H10N4/c1-5-14-6-2-10(1)12-9-13(17-16-12)11-3-7-15-8-4-11/h1-9H,(H,16,17). The van der Waals surface area contributed by atoms with Gasteiger partial charge in [-0.25, -0.2) is 0 Å². The summed E-state index contributed by atoms with van der Waals surface area (Å²) in [6.07, 6.45) is 7.05. The number of hydrogen-bond acceptors (Lipinski definition) is 3. The molecular weight excluding hydrogens is 212 g/mol. The van der Waals surface area contributed by atoms with Gasteiger partial charge in [-0.05, 0) is 30.3 Å². The number of nitrogens with one attached hydrogen (secondary N) is 1. The molecular formula is C13H10N4. The second kappa shape index (κ2) is 4.17. The molecule has 0 atom stereocenters. The quantitative estimate of drug-likeness (QED) is 0.724. The van der Waals surface area contributed by atoms with E-state index in [9.17, 15) is 0 Å². The van der Waals surface area contributed by atoms with Crippen molar-refractivity contribution >= 4 is 0 Å². The molecule has 0 saturated carbocycles. The first kappa shape index (κ1) is 9.72. The van der Waals surface area contributed by atoms with Crippen molar-refractivity contribution in [3.63, 3.8) is 0 Å². The van der Waals surface area contributed by atoms with E-state index < -0.39 is 0 Å². The molecule has 4 nitrogen and oxygen atoms in total. The molecule has 1 N–H and O–H groups in total. The minimum atomic E-state index is 0.916. The molecule has 82 valence electrons. The molecule has 3 heterocycles. The lowest BCUT2D eigenvalue weighted by Crippen LogP contribution is -1.77. The highest BCUT2D eigenvalue weighted by Crippen LogP contribution is 2.22. The summed E-state index contributed by atoms with van der Waals surface area (Å²) in [5.74, 6) is 0. The lowest BCUT2D eigenvalue weighted by atomic mass is 10.1. The van der Waals surface area contributed by atoms with Crippen molar-refractivity contribution in [1.82, 2.24) is 20.2 Å². The lowest BCUT2D eigenvalue weighted by Gasteiger charge is -1.94. The highest BCUT2D eigenvalue weighted by molar-refractivity contribution is 5.67. The fourth-order valence-electron chi connectivity index (χ4n) is 1.67. The van der Waals surface area contributed by atoms with E-state index in [1.54, 1.807) is 24.8 Å². The van der Waals surface area contributed by atoms with Gasteiger partial charge >= 0.3 is 0 Å². The van der Waals surface area contributed by atoms with Gasteiger partial charge in [-0.2, -0.15) is 5.10 Å². The SMILES string of the molecule is c1cc(-c2cc(-c3ccncc3)[nH]n2)ccn1. The lowest BCUT2D eigenvalue weighted by molar-refractivity contribution is 1.10. The Morgan fingerprint density at radius 2 is 1.35 bits per heavy atom. The van der Waals surface area contributed by atoms with Gasteiger partial charge in [-0.1, -0.05) is 0 Å². The maximum atomic E-state index is 4.29. The summed E-state index contributed by atoms with van der Waals surface area (Å²) >= 11 is 0. The molecule has 0 saturated heterocycles. The first-order valence-electron chi connectivity index (χ1n) is 5.30. The molecule has 0 bridgehead atoms. The Labute approximate surface area is 98.4 Å². The number of H-pyrrole nitrogens is 1. The van der Waals surface area contributed by atoms with Gasteiger partial charge in [0.15, 0.2) is 0 Å². The Morgan fingerprint density at radius 3 is 2.00 bits per heavy atom. The van der Waals surface area contributed by atoms with Crippen molar-refractivity contribution in [2.75, 3.05) is 0 Å². The largest absolute Gasteiger partial charge is 0.277 e. The van der Waals surface area contributed by atoms with Gasteiger partial charge in [0.05, 0.1) is 11.4 Å². The van der Waals surface area contributed by atoms with Crippen LogP contribution in [0.4, 0.5) is 0 Å². The normalized spacial score (nSPS) is 10.4. The summed E-state index contributed by atoms with van der Waals surface area (Å²) in [5, 5.41) is 7.31. The van der Waals surface area contributed by atoms with Gasteiger partial charge < -0.3 is 0 Å². The van der Waals surface area contributed by atoms with E-state index in [1.807, 2.05) is 30.3 Å². The van der Waals surface area contributed by atoms with Crippen molar-refractivity contribution in [2.45, 2.75) is 0 Å². The van der Waals surface area contributed by atoms with Gasteiger partial charge in [0.1, 0.15) is 0 Å². The number of aromatic nitrogens is 4. The minimum absolute atomic E-state index is 0.916. The Morgan fingerprint density at radius 1 is 0.765 bits per heavy atom. The van der Waals surface area contributed by atoms with Crippen molar-refractivity contribution in [3.05, 3.63) is 55.1 Å². The maximum Gasteiger partial charge on any atom is 0.0928 e. The van der Waals surface area contributed by atoms with Crippen molar-refractivity contribution < 1.29 is 0 Å². The van der Waals surface area contributed by atoms with E-state index in [1.165, 1.54) is 0 Å². The second-order valence-corrected chi connectivity index (χ2v) is 3.64. The Bertz CT molecular complexity index is 548. The van der Waals surface area contributed by atoms with E-state index in [0.717, 1.165) is 22.5 Å². The summed E-state index contributed by atoms with van der Waals surface area (Å²) in [4.78, 5) is 7.98. The third-order valence-corrected chi connectivity index (χ3v) is 2.55. The zero-order valence-corrected chi connectivity index (χ0v) is 9.04. The molecule has 0 fully saturated rings. The average molecular weight is 222 g/mol. The van der Waals surface area contributed by atoms with Crippen LogP contribution in [0.2, 0.25) is 0 Å². The molecule has 17 heavy (non-hydrogen) atoms. The minimum Gasteiger partial charge on any atom is -0.277 e. The van der Waals surface area contributed by atoms with E-state index in [0.29, 0.717) is 0 Å². The Hall–Kier alpha value is -2.49. The van der Waals surface area contributed by atoms with Gasteiger partial charge in [-0.3, -0.25) is 15.1 Å². The predicted molar refractivity (Wildman–Crippen MR) is 65.0 cm³/mol. The van der Waals surface area contributed by atoms with Crippen LogP contribution in [0.15, 0.2) is 55.1 Å². The monoisotopic (exact) mass is 222 g/mol. The van der Waals surface area contributed by atoms with Gasteiger partial charge in [-0.15, -0.1) is 0 Å². The molecule has 0 unspecified atom stereocenters. The molecule has 0 radical (unpaired) electrons. The summed E-state index contributed by atoms with van der Waals surface area (Å²) in [5.41, 5.74) is 4.03. The first-order valence-corrected chi connectivity index (χ1v) is 5.30. The summed E-state index contributed by atoms with van der Waals surface area (Å²) in [6.45, 7) is 0. The van der Waals surface area contributed by atoms with Crippen LogP contribution in [0.3, 0.4) is 0 Å². The molecule has 0 aliphatic carbocycles. The highest BCUT2D eigenvalue weighted by Gasteiger charge is 2.04. The molecule has 4 heteroatoms. The average Bonchev–Trinajstić information content (AvgIpc) is 2.90. The molecule has 0 amide bonds. The fraction of sp³-hybridized carbons (Fsp3) is 0. The Balaban J connectivity index is 1.99.